The number of likely N-dealkylation sites (tertiary alicyclic amines) is 1. The Labute approximate surface area is 233 Å². The third kappa shape index (κ3) is 3.72. The van der Waals surface area contributed by atoms with E-state index in [0.29, 0.717) is 5.69 Å². The van der Waals surface area contributed by atoms with Crippen LogP contribution in [-0.2, 0) is 14.4 Å². The van der Waals surface area contributed by atoms with Crippen molar-refractivity contribution < 1.29 is 19.2 Å². The molecule has 5 amide bonds. The molecule has 9 heteroatoms. The molecule has 0 bridgehead atoms. The Morgan fingerprint density at radius 3 is 1.92 bits per heavy atom. The van der Waals surface area contributed by atoms with Gasteiger partial charge in [-0.3, -0.25) is 19.3 Å². The van der Waals surface area contributed by atoms with Crippen LogP contribution >= 0.6 is 31.9 Å². The van der Waals surface area contributed by atoms with Crippen molar-refractivity contribution in [2.45, 2.75) is 58.2 Å². The Hall–Kier alpha value is -2.52. The van der Waals surface area contributed by atoms with Gasteiger partial charge in [0.25, 0.3) is 5.91 Å². The van der Waals surface area contributed by atoms with E-state index < -0.39 is 40.9 Å². The van der Waals surface area contributed by atoms with E-state index in [9.17, 15) is 19.2 Å². The van der Waals surface area contributed by atoms with E-state index in [2.05, 4.69) is 31.9 Å². The predicted octanol–water partition coefficient (Wildman–Crippen LogP) is 5.92. The van der Waals surface area contributed by atoms with Gasteiger partial charge in [-0.05, 0) is 75.1 Å². The zero-order valence-electron chi connectivity index (χ0n) is 21.4. The van der Waals surface area contributed by atoms with E-state index in [-0.39, 0.29) is 24.2 Å². The first-order chi connectivity index (χ1) is 17.3. The summed E-state index contributed by atoms with van der Waals surface area (Å²) in [4.78, 5) is 60.9. The lowest BCUT2D eigenvalue weighted by atomic mass is 9.74. The van der Waals surface area contributed by atoms with Crippen LogP contribution < -0.4 is 4.90 Å². The highest BCUT2D eigenvalue weighted by atomic mass is 79.9. The Kier molecular flexibility index (Phi) is 6.18. The topological polar surface area (TPSA) is 78.0 Å². The summed E-state index contributed by atoms with van der Waals surface area (Å²) in [5.41, 5.74) is -1.07. The average Bonchev–Trinajstić information content (AvgIpc) is 3.32. The van der Waals surface area contributed by atoms with Gasteiger partial charge in [0.2, 0.25) is 11.8 Å². The van der Waals surface area contributed by atoms with E-state index >= 15 is 0 Å². The number of carbonyl (C=O) groups excluding carboxylic acids is 4. The van der Waals surface area contributed by atoms with Crippen molar-refractivity contribution >= 4 is 61.3 Å². The number of imide groups is 2. The second kappa shape index (κ2) is 8.76. The van der Waals surface area contributed by atoms with Crippen LogP contribution in [-0.4, -0.2) is 44.6 Å². The maximum absolute atomic E-state index is 14.5. The second-order valence-electron chi connectivity index (χ2n) is 11.5. The lowest BCUT2D eigenvalue weighted by molar-refractivity contribution is -0.149. The van der Waals surface area contributed by atoms with Crippen LogP contribution in [0.5, 0.6) is 0 Å². The fourth-order valence-corrected chi connectivity index (χ4v) is 6.94. The molecule has 0 aliphatic carbocycles. The molecular weight excluding hydrogens is 602 g/mol. The van der Waals surface area contributed by atoms with E-state index in [1.807, 2.05) is 58.9 Å². The van der Waals surface area contributed by atoms with Crippen LogP contribution in [0.4, 0.5) is 10.5 Å². The summed E-state index contributed by atoms with van der Waals surface area (Å²) in [7, 11) is 0. The van der Waals surface area contributed by atoms with Crippen LogP contribution in [0, 0.1) is 17.8 Å². The first-order valence-corrected chi connectivity index (χ1v) is 14.0. The standard InChI is InChI=1S/C28H29Br2N3O4/c1-15(2)14-28-21-20(23(34)33(24(21)35)27(3,4)5)22(16-6-8-17(29)9-7-16)32(28)26(37)31(25(28)36)19-12-10-18(30)11-13-19/h6-13,15,20-22H,14H2,1-5H3/t20?,21?,22?,28-/m1/s1. The van der Waals surface area contributed by atoms with Crippen molar-refractivity contribution in [3.05, 3.63) is 63.0 Å². The minimum atomic E-state index is -1.46. The SMILES string of the molecule is CC(C)C[C@@]12C(=O)N(c3ccc(Br)cc3)C(=O)N1C(c1ccc(Br)cc1)C1C(=O)N(C(C)(C)C)C(=O)C12. The zero-order chi connectivity index (χ0) is 27.0. The molecule has 0 aromatic heterocycles. The molecule has 3 heterocycles. The van der Waals surface area contributed by atoms with Crippen LogP contribution in [0.3, 0.4) is 0 Å². The van der Waals surface area contributed by atoms with Crippen LogP contribution in [0.2, 0.25) is 0 Å². The zero-order valence-corrected chi connectivity index (χ0v) is 24.5. The Morgan fingerprint density at radius 2 is 1.41 bits per heavy atom. The number of carbonyl (C=O) groups is 4. The molecule has 0 N–H and O–H groups in total. The van der Waals surface area contributed by atoms with E-state index in [1.54, 1.807) is 29.2 Å². The number of amides is 5. The first-order valence-electron chi connectivity index (χ1n) is 12.4. The molecule has 3 aliphatic rings. The monoisotopic (exact) mass is 629 g/mol. The van der Waals surface area contributed by atoms with Gasteiger partial charge >= 0.3 is 6.03 Å². The largest absolute Gasteiger partial charge is 0.332 e. The second-order valence-corrected chi connectivity index (χ2v) is 13.3. The van der Waals surface area contributed by atoms with Gasteiger partial charge in [0, 0.05) is 14.5 Å². The van der Waals surface area contributed by atoms with Gasteiger partial charge in [-0.1, -0.05) is 57.8 Å². The fourth-order valence-electron chi connectivity index (χ4n) is 6.41. The summed E-state index contributed by atoms with van der Waals surface area (Å²) >= 11 is 6.87. The van der Waals surface area contributed by atoms with Crippen LogP contribution in [0.25, 0.3) is 0 Å². The summed E-state index contributed by atoms with van der Waals surface area (Å²) in [5, 5.41) is 0. The van der Waals surface area contributed by atoms with E-state index in [0.717, 1.165) is 14.5 Å². The van der Waals surface area contributed by atoms with Crippen molar-refractivity contribution in [2.75, 3.05) is 4.90 Å². The number of rotatable bonds is 4. The highest BCUT2D eigenvalue weighted by Crippen LogP contribution is 2.61. The molecule has 194 valence electrons. The molecule has 5 rings (SSSR count). The average molecular weight is 631 g/mol. The van der Waals surface area contributed by atoms with Crippen molar-refractivity contribution in [3.8, 4) is 0 Å². The van der Waals surface area contributed by atoms with Crippen LogP contribution in [0.15, 0.2) is 57.5 Å². The summed E-state index contributed by atoms with van der Waals surface area (Å²) in [5.74, 6) is -2.98. The molecule has 3 fully saturated rings. The van der Waals surface area contributed by atoms with Crippen molar-refractivity contribution in [1.82, 2.24) is 9.80 Å². The lowest BCUT2D eigenvalue weighted by Crippen LogP contribution is -2.56. The van der Waals surface area contributed by atoms with Crippen molar-refractivity contribution in [3.63, 3.8) is 0 Å². The Bertz CT molecular complexity index is 1300. The van der Waals surface area contributed by atoms with Gasteiger partial charge in [-0.2, -0.15) is 0 Å². The molecule has 3 aliphatic heterocycles. The first kappa shape index (κ1) is 26.1. The smallest absolute Gasteiger partial charge is 0.300 e. The molecule has 0 radical (unpaired) electrons. The minimum absolute atomic E-state index is 0.0139. The van der Waals surface area contributed by atoms with Gasteiger partial charge in [0.05, 0.1) is 23.6 Å². The number of anilines is 1. The van der Waals surface area contributed by atoms with Gasteiger partial charge in [0.15, 0.2) is 0 Å². The normalized spacial score (nSPS) is 27.6. The number of benzene rings is 2. The fraction of sp³-hybridized carbons (Fsp3) is 0.429. The molecule has 0 saturated carbocycles. The van der Waals surface area contributed by atoms with Gasteiger partial charge in [-0.15, -0.1) is 0 Å². The highest BCUT2D eigenvalue weighted by Gasteiger charge is 2.77. The maximum atomic E-state index is 14.5. The molecule has 2 aromatic rings. The number of fused-ring (bicyclic) bond motifs is 3. The van der Waals surface area contributed by atoms with Gasteiger partial charge in [0.1, 0.15) is 5.54 Å². The summed E-state index contributed by atoms with van der Waals surface area (Å²) in [6.07, 6.45) is 0.274. The summed E-state index contributed by atoms with van der Waals surface area (Å²) < 4.78 is 1.67. The summed E-state index contributed by atoms with van der Waals surface area (Å²) in [6.45, 7) is 9.40. The number of hydrogen-bond donors (Lipinski definition) is 0. The quantitative estimate of drug-likeness (QED) is 0.310. The van der Waals surface area contributed by atoms with Gasteiger partial charge < -0.3 is 4.90 Å². The lowest BCUT2D eigenvalue weighted by Gasteiger charge is -2.38. The minimum Gasteiger partial charge on any atom is -0.300 e. The number of hydrogen-bond acceptors (Lipinski definition) is 4. The van der Waals surface area contributed by atoms with E-state index in [1.165, 1.54) is 9.80 Å². The van der Waals surface area contributed by atoms with Crippen LogP contribution in [0.1, 0.15) is 52.6 Å². The van der Waals surface area contributed by atoms with Crippen molar-refractivity contribution in [1.29, 1.82) is 0 Å². The third-order valence-corrected chi connectivity index (χ3v) is 8.63. The molecule has 0 spiro atoms. The molecule has 7 nitrogen and oxygen atoms in total. The molecule has 3 saturated heterocycles. The molecule has 37 heavy (non-hydrogen) atoms. The van der Waals surface area contributed by atoms with E-state index in [4.69, 9.17) is 0 Å². The Balaban J connectivity index is 1.77. The highest BCUT2D eigenvalue weighted by molar-refractivity contribution is 9.10. The summed E-state index contributed by atoms with van der Waals surface area (Å²) in [6, 6.07) is 13.1. The number of nitrogens with zero attached hydrogens (tertiary/aromatic N) is 3. The molecule has 3 unspecified atom stereocenters. The molecular formula is C28H29Br2N3O4. The Morgan fingerprint density at radius 1 is 0.865 bits per heavy atom. The predicted molar refractivity (Wildman–Crippen MR) is 147 cm³/mol. The van der Waals surface area contributed by atoms with Crippen molar-refractivity contribution in [2.24, 2.45) is 17.8 Å². The third-order valence-electron chi connectivity index (χ3n) is 7.57. The molecule has 4 atom stereocenters. The maximum Gasteiger partial charge on any atom is 0.332 e. The molecule has 2 aromatic carbocycles. The number of halogens is 2. The number of urea groups is 1. The van der Waals surface area contributed by atoms with Gasteiger partial charge in [-0.25, -0.2) is 9.69 Å².